The first-order valence-electron chi connectivity index (χ1n) is 4.17. The zero-order valence-electron chi connectivity index (χ0n) is 5.71. The highest BCUT2D eigenvalue weighted by Crippen LogP contribution is 2.46. The first-order valence-corrected chi connectivity index (χ1v) is 4.17. The Morgan fingerprint density at radius 2 is 2.11 bits per heavy atom. The first-order chi connectivity index (χ1) is 4.43. The average Bonchev–Trinajstić information content (AvgIpc) is 1.88. The van der Waals surface area contributed by atoms with E-state index >= 15 is 0 Å². The summed E-state index contributed by atoms with van der Waals surface area (Å²) < 4.78 is 0. The summed E-state index contributed by atoms with van der Waals surface area (Å²) in [7, 11) is 0. The maximum absolute atomic E-state index is 2.68. The van der Waals surface area contributed by atoms with Gasteiger partial charge in [0.1, 0.15) is 0 Å². The number of nitrogens with zero attached hydrogens (tertiary/aromatic N) is 1. The maximum Gasteiger partial charge on any atom is 0.0136 e. The lowest BCUT2D eigenvalue weighted by Crippen LogP contribution is -2.65. The molecular weight excluding hydrogens is 110 g/mol. The van der Waals surface area contributed by atoms with E-state index in [-0.39, 0.29) is 0 Å². The number of rotatable bonds is 0. The summed E-state index contributed by atoms with van der Waals surface area (Å²) in [5, 5.41) is 0. The molecule has 1 nitrogen and oxygen atoms in total. The standard InChI is InChI=1S/C8H13N/c1-2-8-7-3-6(1)4-9(8)5-7/h6-8H,1-5H2/t6-,7-,8-/m1/s1. The third-order valence-corrected chi connectivity index (χ3v) is 3.48. The van der Waals surface area contributed by atoms with Crippen LogP contribution < -0.4 is 0 Å². The van der Waals surface area contributed by atoms with E-state index in [2.05, 4.69) is 4.90 Å². The Morgan fingerprint density at radius 1 is 1.11 bits per heavy atom. The highest BCUT2D eigenvalue weighted by Gasteiger charge is 2.48. The molecule has 4 bridgehead atoms. The predicted molar refractivity (Wildman–Crippen MR) is 36.2 cm³/mol. The van der Waals surface area contributed by atoms with Gasteiger partial charge in [-0.25, -0.2) is 0 Å². The summed E-state index contributed by atoms with van der Waals surface area (Å²) in [6.07, 6.45) is 4.63. The monoisotopic (exact) mass is 123 g/mol. The van der Waals surface area contributed by atoms with Crippen LogP contribution in [0.1, 0.15) is 19.3 Å². The van der Waals surface area contributed by atoms with Crippen LogP contribution in [0.15, 0.2) is 0 Å². The van der Waals surface area contributed by atoms with E-state index in [1.165, 1.54) is 25.9 Å². The SMILES string of the molecule is C1C[C@@H]2[C@@H]3C[C@@H]1CN2C3. The zero-order valence-corrected chi connectivity index (χ0v) is 5.71. The van der Waals surface area contributed by atoms with Crippen molar-refractivity contribution < 1.29 is 0 Å². The molecule has 5 rings (SSSR count). The summed E-state index contributed by atoms with van der Waals surface area (Å²) in [4.78, 5) is 2.68. The largest absolute Gasteiger partial charge is 0.299 e. The molecule has 0 amide bonds. The summed E-state index contributed by atoms with van der Waals surface area (Å²) in [6, 6.07) is 1.05. The van der Waals surface area contributed by atoms with Crippen molar-refractivity contribution in [1.82, 2.24) is 4.90 Å². The second-order valence-electron chi connectivity index (χ2n) is 3.96. The van der Waals surface area contributed by atoms with Crippen molar-refractivity contribution in [3.8, 4) is 0 Å². The molecule has 1 aliphatic carbocycles. The van der Waals surface area contributed by atoms with Crippen LogP contribution in [-0.4, -0.2) is 24.0 Å². The topological polar surface area (TPSA) is 3.24 Å². The van der Waals surface area contributed by atoms with E-state index < -0.39 is 0 Å². The van der Waals surface area contributed by atoms with Gasteiger partial charge in [0.15, 0.2) is 0 Å². The van der Waals surface area contributed by atoms with E-state index in [0.29, 0.717) is 0 Å². The molecule has 0 spiro atoms. The van der Waals surface area contributed by atoms with Crippen LogP contribution in [0.2, 0.25) is 0 Å². The fourth-order valence-corrected chi connectivity index (χ4v) is 3.03. The molecule has 1 saturated carbocycles. The number of hydrogen-bond donors (Lipinski definition) is 0. The predicted octanol–water partition coefficient (Wildman–Crippen LogP) is 1.10. The van der Waals surface area contributed by atoms with Gasteiger partial charge in [0.2, 0.25) is 0 Å². The van der Waals surface area contributed by atoms with Gasteiger partial charge in [-0.15, -0.1) is 0 Å². The summed E-state index contributed by atoms with van der Waals surface area (Å²) in [5.74, 6) is 2.24. The summed E-state index contributed by atoms with van der Waals surface area (Å²) >= 11 is 0. The van der Waals surface area contributed by atoms with E-state index in [9.17, 15) is 0 Å². The fourth-order valence-electron chi connectivity index (χ4n) is 3.03. The summed E-state index contributed by atoms with van der Waals surface area (Å²) in [5.41, 5.74) is 0. The van der Waals surface area contributed by atoms with Crippen molar-refractivity contribution in [2.75, 3.05) is 13.1 Å². The Hall–Kier alpha value is -0.0400. The van der Waals surface area contributed by atoms with Crippen LogP contribution in [0.3, 0.4) is 0 Å². The second kappa shape index (κ2) is 1.34. The van der Waals surface area contributed by atoms with Gasteiger partial charge in [-0.1, -0.05) is 0 Å². The number of hydrogen-bond acceptors (Lipinski definition) is 1. The van der Waals surface area contributed by atoms with Gasteiger partial charge in [0.05, 0.1) is 0 Å². The summed E-state index contributed by atoms with van der Waals surface area (Å²) in [6.45, 7) is 2.89. The highest BCUT2D eigenvalue weighted by atomic mass is 15.3. The molecule has 5 fully saturated rings. The quantitative estimate of drug-likeness (QED) is 0.466. The Kier molecular flexibility index (Phi) is 0.704. The van der Waals surface area contributed by atoms with Gasteiger partial charge < -0.3 is 0 Å². The zero-order chi connectivity index (χ0) is 5.84. The van der Waals surface area contributed by atoms with Gasteiger partial charge in [-0.3, -0.25) is 4.90 Å². The molecule has 4 aliphatic heterocycles. The molecule has 1 unspecified atom stereocenters. The molecule has 0 aromatic rings. The lowest BCUT2D eigenvalue weighted by molar-refractivity contribution is -0.0991. The minimum Gasteiger partial charge on any atom is -0.299 e. The van der Waals surface area contributed by atoms with Crippen molar-refractivity contribution in [1.29, 1.82) is 0 Å². The van der Waals surface area contributed by atoms with Crippen molar-refractivity contribution >= 4 is 0 Å². The maximum atomic E-state index is 2.68. The van der Waals surface area contributed by atoms with Gasteiger partial charge in [0.25, 0.3) is 0 Å². The molecule has 4 saturated heterocycles. The molecule has 0 aromatic heterocycles. The Balaban J connectivity index is 1.93. The van der Waals surface area contributed by atoms with Crippen molar-refractivity contribution in [2.24, 2.45) is 11.8 Å². The average molecular weight is 123 g/mol. The Bertz CT molecular complexity index is 128. The van der Waals surface area contributed by atoms with Crippen molar-refractivity contribution in [2.45, 2.75) is 25.3 Å². The molecule has 9 heavy (non-hydrogen) atoms. The minimum absolute atomic E-state index is 1.05. The van der Waals surface area contributed by atoms with Gasteiger partial charge in [-0.05, 0) is 31.1 Å². The molecule has 1 heteroatoms. The minimum atomic E-state index is 1.05. The van der Waals surface area contributed by atoms with Crippen LogP contribution in [0.25, 0.3) is 0 Å². The third kappa shape index (κ3) is 0.454. The lowest BCUT2D eigenvalue weighted by Gasteiger charge is -2.59. The first kappa shape index (κ1) is 4.73. The van der Waals surface area contributed by atoms with Crippen LogP contribution in [-0.2, 0) is 0 Å². The van der Waals surface area contributed by atoms with Crippen molar-refractivity contribution in [3.05, 3.63) is 0 Å². The third-order valence-electron chi connectivity index (χ3n) is 3.48. The molecule has 5 aliphatic rings. The molecular formula is C8H13N. The Morgan fingerprint density at radius 3 is 2.44 bits per heavy atom. The fraction of sp³-hybridized carbons (Fsp3) is 1.00. The Labute approximate surface area is 56.0 Å². The van der Waals surface area contributed by atoms with Crippen LogP contribution in [0, 0.1) is 11.8 Å². The second-order valence-corrected chi connectivity index (χ2v) is 3.96. The highest BCUT2D eigenvalue weighted by molar-refractivity contribution is 5.02. The van der Waals surface area contributed by atoms with E-state index in [4.69, 9.17) is 0 Å². The van der Waals surface area contributed by atoms with Crippen LogP contribution in [0.5, 0.6) is 0 Å². The number of piperidine rings is 3. The van der Waals surface area contributed by atoms with Gasteiger partial charge >= 0.3 is 0 Å². The normalized spacial score (nSPS) is 61.3. The lowest BCUT2D eigenvalue weighted by atomic mass is 9.66. The molecule has 50 valence electrons. The van der Waals surface area contributed by atoms with E-state index in [1.54, 1.807) is 6.42 Å². The van der Waals surface area contributed by atoms with Crippen LogP contribution >= 0.6 is 0 Å². The molecule has 0 aromatic carbocycles. The smallest absolute Gasteiger partial charge is 0.0136 e. The number of fused-ring (bicyclic) bond motifs is 1. The molecule has 4 heterocycles. The molecule has 0 radical (unpaired) electrons. The van der Waals surface area contributed by atoms with Crippen LogP contribution in [0.4, 0.5) is 0 Å². The van der Waals surface area contributed by atoms with Gasteiger partial charge in [-0.2, -0.15) is 0 Å². The molecule has 4 atom stereocenters. The molecule has 0 N–H and O–H groups in total. The van der Waals surface area contributed by atoms with E-state index in [0.717, 1.165) is 17.9 Å². The van der Waals surface area contributed by atoms with Gasteiger partial charge in [0, 0.05) is 19.1 Å². The van der Waals surface area contributed by atoms with E-state index in [1.807, 2.05) is 0 Å². The van der Waals surface area contributed by atoms with Crippen molar-refractivity contribution in [3.63, 3.8) is 0 Å².